The fourth-order valence-corrected chi connectivity index (χ4v) is 3.59. The van der Waals surface area contributed by atoms with Gasteiger partial charge in [0.15, 0.2) is 0 Å². The molecule has 20 heavy (non-hydrogen) atoms. The molecule has 1 unspecified atom stereocenters. The predicted molar refractivity (Wildman–Crippen MR) is 69.7 cm³/mol. The van der Waals surface area contributed by atoms with Crippen molar-refractivity contribution >= 4 is 17.8 Å². The molecule has 0 aromatic carbocycles. The van der Waals surface area contributed by atoms with Gasteiger partial charge in [0, 0.05) is 6.61 Å². The van der Waals surface area contributed by atoms with Crippen LogP contribution >= 0.6 is 0 Å². The summed E-state index contributed by atoms with van der Waals surface area (Å²) in [7, 11) is 0. The summed E-state index contributed by atoms with van der Waals surface area (Å²) in [5, 5.41) is 2.36. The molecular weight excluding hydrogens is 260 g/mol. The summed E-state index contributed by atoms with van der Waals surface area (Å²) in [5.41, 5.74) is -1.49. The highest BCUT2D eigenvalue weighted by molar-refractivity contribution is 6.19. The lowest BCUT2D eigenvalue weighted by Gasteiger charge is -2.39. The highest BCUT2D eigenvalue weighted by Gasteiger charge is 2.56. The number of hydrogen-bond donors (Lipinski definition) is 1. The summed E-state index contributed by atoms with van der Waals surface area (Å²) in [6.07, 6.45) is 4.55. The van der Waals surface area contributed by atoms with Gasteiger partial charge in [-0.3, -0.25) is 19.8 Å². The van der Waals surface area contributed by atoms with Gasteiger partial charge in [0.05, 0.1) is 12.1 Å². The molecule has 2 heterocycles. The van der Waals surface area contributed by atoms with E-state index in [1.54, 1.807) is 0 Å². The maximum atomic E-state index is 12.7. The second kappa shape index (κ2) is 4.55. The Bertz CT molecular complexity index is 462. The molecule has 1 N–H and O–H groups in total. The van der Waals surface area contributed by atoms with Crippen LogP contribution in [0.25, 0.3) is 0 Å². The van der Waals surface area contributed by atoms with Crippen molar-refractivity contribution < 1.29 is 19.1 Å². The van der Waals surface area contributed by atoms with E-state index in [1.807, 2.05) is 6.92 Å². The summed E-state index contributed by atoms with van der Waals surface area (Å²) >= 11 is 0. The average molecular weight is 280 g/mol. The fourth-order valence-electron chi connectivity index (χ4n) is 3.59. The minimum atomic E-state index is -1.01. The monoisotopic (exact) mass is 280 g/mol. The molecular formula is C14H20N2O4. The SMILES string of the molecule is CC1(CN2C(=O)NC(=O)C3(CCCC3)C2=O)CCCO1. The van der Waals surface area contributed by atoms with Crippen LogP contribution in [0, 0.1) is 5.41 Å². The average Bonchev–Trinajstić information content (AvgIpc) is 3.03. The quantitative estimate of drug-likeness (QED) is 0.771. The molecule has 1 saturated carbocycles. The summed E-state index contributed by atoms with van der Waals surface area (Å²) < 4.78 is 5.66. The summed E-state index contributed by atoms with van der Waals surface area (Å²) in [6, 6.07) is -0.603. The Morgan fingerprint density at radius 1 is 1.15 bits per heavy atom. The number of rotatable bonds is 2. The number of barbiturate groups is 1. The molecule has 0 radical (unpaired) electrons. The van der Waals surface area contributed by atoms with Gasteiger partial charge in [0.1, 0.15) is 5.41 Å². The van der Waals surface area contributed by atoms with Crippen LogP contribution in [0.15, 0.2) is 0 Å². The molecule has 1 spiro atoms. The Labute approximate surface area is 117 Å². The van der Waals surface area contributed by atoms with Crippen LogP contribution < -0.4 is 5.32 Å². The Hall–Kier alpha value is -1.43. The second-order valence-corrected chi connectivity index (χ2v) is 6.34. The second-order valence-electron chi connectivity index (χ2n) is 6.34. The van der Waals surface area contributed by atoms with E-state index in [0.717, 1.165) is 25.7 Å². The zero-order valence-electron chi connectivity index (χ0n) is 11.7. The van der Waals surface area contributed by atoms with Crippen LogP contribution in [-0.2, 0) is 14.3 Å². The van der Waals surface area contributed by atoms with Crippen molar-refractivity contribution in [2.45, 2.75) is 51.0 Å². The Balaban J connectivity index is 1.84. The normalized spacial score (nSPS) is 33.0. The molecule has 0 aromatic rings. The minimum Gasteiger partial charge on any atom is -0.373 e. The van der Waals surface area contributed by atoms with Gasteiger partial charge in [0.25, 0.3) is 0 Å². The first-order chi connectivity index (χ1) is 9.47. The van der Waals surface area contributed by atoms with E-state index in [-0.39, 0.29) is 12.5 Å². The predicted octanol–water partition coefficient (Wildman–Crippen LogP) is 1.19. The molecule has 0 bridgehead atoms. The number of ether oxygens (including phenoxy) is 1. The van der Waals surface area contributed by atoms with Gasteiger partial charge in [-0.1, -0.05) is 12.8 Å². The van der Waals surface area contributed by atoms with Crippen molar-refractivity contribution in [1.82, 2.24) is 10.2 Å². The van der Waals surface area contributed by atoms with Gasteiger partial charge >= 0.3 is 6.03 Å². The number of hydrogen-bond acceptors (Lipinski definition) is 4. The largest absolute Gasteiger partial charge is 0.373 e. The third kappa shape index (κ3) is 1.93. The van der Waals surface area contributed by atoms with Gasteiger partial charge in [-0.05, 0) is 32.6 Å². The van der Waals surface area contributed by atoms with Crippen LogP contribution in [0.3, 0.4) is 0 Å². The summed E-state index contributed by atoms with van der Waals surface area (Å²) in [4.78, 5) is 38.0. The highest BCUT2D eigenvalue weighted by atomic mass is 16.5. The first-order valence-electron chi connectivity index (χ1n) is 7.28. The molecule has 3 rings (SSSR count). The lowest BCUT2D eigenvalue weighted by molar-refractivity contribution is -0.153. The third-order valence-electron chi connectivity index (χ3n) is 4.80. The number of carbonyl (C=O) groups excluding carboxylic acids is 3. The molecule has 2 aliphatic heterocycles. The summed E-state index contributed by atoms with van der Waals surface area (Å²) in [6.45, 7) is 2.80. The topological polar surface area (TPSA) is 75.7 Å². The van der Waals surface area contributed by atoms with Gasteiger partial charge in [-0.25, -0.2) is 4.79 Å². The van der Waals surface area contributed by atoms with E-state index in [9.17, 15) is 14.4 Å². The van der Waals surface area contributed by atoms with E-state index >= 15 is 0 Å². The number of imide groups is 2. The first kappa shape index (κ1) is 13.5. The van der Waals surface area contributed by atoms with E-state index in [0.29, 0.717) is 19.4 Å². The van der Waals surface area contributed by atoms with Gasteiger partial charge in [-0.2, -0.15) is 0 Å². The molecule has 1 atom stereocenters. The van der Waals surface area contributed by atoms with Gasteiger partial charge in [0.2, 0.25) is 11.8 Å². The third-order valence-corrected chi connectivity index (χ3v) is 4.80. The first-order valence-corrected chi connectivity index (χ1v) is 7.28. The lowest BCUT2D eigenvalue weighted by atomic mass is 9.81. The molecule has 0 aromatic heterocycles. The molecule has 4 amide bonds. The maximum Gasteiger partial charge on any atom is 0.330 e. The fraction of sp³-hybridized carbons (Fsp3) is 0.786. The van der Waals surface area contributed by atoms with Gasteiger partial charge in [-0.15, -0.1) is 0 Å². The number of amides is 4. The Morgan fingerprint density at radius 3 is 2.45 bits per heavy atom. The number of nitrogens with one attached hydrogen (secondary N) is 1. The maximum absolute atomic E-state index is 12.7. The van der Waals surface area contributed by atoms with Crippen molar-refractivity contribution in [1.29, 1.82) is 0 Å². The van der Waals surface area contributed by atoms with Crippen molar-refractivity contribution in [2.75, 3.05) is 13.2 Å². The standard InChI is InChI=1S/C14H20N2O4/c1-13(5-4-8-20-13)9-16-11(18)14(6-2-3-7-14)10(17)15-12(16)19/h2-9H2,1H3,(H,15,17,19). The molecule has 3 fully saturated rings. The molecule has 3 aliphatic rings. The Morgan fingerprint density at radius 2 is 1.85 bits per heavy atom. The Kier molecular flexibility index (Phi) is 3.08. The summed E-state index contributed by atoms with van der Waals surface area (Å²) in [5.74, 6) is -0.751. The van der Waals surface area contributed by atoms with Gasteiger partial charge < -0.3 is 4.74 Å². The number of urea groups is 1. The lowest BCUT2D eigenvalue weighted by Crippen LogP contribution is -2.65. The molecule has 1 aliphatic carbocycles. The molecule has 6 nitrogen and oxygen atoms in total. The highest BCUT2D eigenvalue weighted by Crippen LogP contribution is 2.42. The van der Waals surface area contributed by atoms with Crippen LogP contribution in [-0.4, -0.2) is 41.5 Å². The number of nitrogens with zero attached hydrogens (tertiary/aromatic N) is 1. The van der Waals surface area contributed by atoms with E-state index < -0.39 is 23.0 Å². The minimum absolute atomic E-state index is 0.229. The van der Waals surface area contributed by atoms with Crippen molar-refractivity contribution in [3.63, 3.8) is 0 Å². The molecule has 2 saturated heterocycles. The van der Waals surface area contributed by atoms with Crippen LogP contribution in [0.1, 0.15) is 45.4 Å². The zero-order valence-corrected chi connectivity index (χ0v) is 11.7. The van der Waals surface area contributed by atoms with Crippen LogP contribution in [0.2, 0.25) is 0 Å². The smallest absolute Gasteiger partial charge is 0.330 e. The van der Waals surface area contributed by atoms with E-state index in [1.165, 1.54) is 4.90 Å². The van der Waals surface area contributed by atoms with Crippen LogP contribution in [0.5, 0.6) is 0 Å². The van der Waals surface area contributed by atoms with Crippen LogP contribution in [0.4, 0.5) is 4.79 Å². The molecule has 6 heteroatoms. The van der Waals surface area contributed by atoms with Crippen molar-refractivity contribution in [2.24, 2.45) is 5.41 Å². The zero-order chi connectivity index (χ0) is 14.4. The van der Waals surface area contributed by atoms with E-state index in [2.05, 4.69) is 5.32 Å². The van der Waals surface area contributed by atoms with E-state index in [4.69, 9.17) is 4.74 Å². The molecule has 110 valence electrons. The van der Waals surface area contributed by atoms with Crippen molar-refractivity contribution in [3.8, 4) is 0 Å². The van der Waals surface area contributed by atoms with Crippen molar-refractivity contribution in [3.05, 3.63) is 0 Å². The number of carbonyl (C=O) groups is 3.